The van der Waals surface area contributed by atoms with Gasteiger partial charge in [-0.1, -0.05) is 48.0 Å². The van der Waals surface area contributed by atoms with Gasteiger partial charge in [0, 0.05) is 79.2 Å². The standard InChI is InChI=1S/C52H43N4O8S.CO2.2Na/c1-28-24-30(3)48(55-50(57)34-14-8-7-9-15-34)32(5)46(28)53-35-20-22-39-42(26-35)64-43-27-36(21-23-40(43)45(39)41-18-12-13-19-44(41)65(61,62)63)54-47-29(2)25-31(4)49(33(47)6)56-51(58)37-16-10-11-17-38(37)52(59)60;2-1-3;;/h7-14,16-27,54H,1-6H3,(H,55,57)(H,56,58)(H,59,60)(H,61,62,63);;;/q-1;;2*+1/p-1. The Morgan fingerprint density at radius 3 is 1.91 bits per heavy atom. The topological polar surface area (TPSA) is 229 Å². The van der Waals surface area contributed by atoms with Gasteiger partial charge in [-0.3, -0.25) is 4.79 Å². The zero-order valence-electron chi connectivity index (χ0n) is 39.5. The molecule has 2 amide bonds. The first-order valence-corrected chi connectivity index (χ1v) is 22.4. The van der Waals surface area contributed by atoms with Gasteiger partial charge in [-0.05, 0) is 100 Å². The van der Waals surface area contributed by atoms with E-state index in [-0.39, 0.29) is 92.8 Å². The molecule has 14 nitrogen and oxygen atoms in total. The number of rotatable bonds is 10. The maximum atomic E-state index is 13.4. The number of nitrogens with one attached hydrogen (secondary N) is 4. The van der Waals surface area contributed by atoms with E-state index < -0.39 is 22.0 Å². The minimum atomic E-state index is -4.91. The van der Waals surface area contributed by atoms with Crippen molar-refractivity contribution in [2.75, 3.05) is 16.0 Å². The summed E-state index contributed by atoms with van der Waals surface area (Å²) in [5.41, 5.74) is 9.85. The van der Waals surface area contributed by atoms with Crippen LogP contribution in [0.3, 0.4) is 0 Å². The molecule has 1 aliphatic heterocycles. The van der Waals surface area contributed by atoms with Crippen LogP contribution >= 0.6 is 0 Å². The van der Waals surface area contributed by atoms with Crippen LogP contribution in [0.15, 0.2) is 131 Å². The van der Waals surface area contributed by atoms with Crippen LogP contribution in [-0.2, 0) is 19.7 Å². The summed E-state index contributed by atoms with van der Waals surface area (Å²) in [6, 6.07) is 36.5. The van der Waals surface area contributed by atoms with E-state index in [1.54, 1.807) is 66.7 Å². The SMILES string of the molecule is Cc1cc(C)c(Nc2ccc3c(-c4ccccc4S(=O)(=O)[O-])c4ccc(=[NH+]c5c(C)cc(C)c(NC(=O)c6[c-]cccc6)c5C)cc-4oc3c2)c(C)c1NC(=O)c1ccccc1C(=O)[O-].O=C=O.[Na+].[Na+]. The fourth-order valence-electron chi connectivity index (χ4n) is 8.41. The minimum absolute atomic E-state index is 0. The second-order valence-corrected chi connectivity index (χ2v) is 17.3. The van der Waals surface area contributed by atoms with Gasteiger partial charge in [0.1, 0.15) is 21.5 Å². The second kappa shape index (κ2) is 23.0. The van der Waals surface area contributed by atoms with E-state index in [4.69, 9.17) is 14.0 Å². The van der Waals surface area contributed by atoms with Gasteiger partial charge in [0.05, 0.1) is 16.9 Å². The molecule has 70 heavy (non-hydrogen) atoms. The number of benzene rings is 7. The molecule has 0 saturated heterocycles. The smallest absolute Gasteiger partial charge is 0.744 e. The predicted octanol–water partition coefficient (Wildman–Crippen LogP) is 1.11. The Balaban J connectivity index is 0.00000178. The molecule has 0 unspecified atom stereocenters. The van der Waals surface area contributed by atoms with E-state index in [9.17, 15) is 32.5 Å². The monoisotopic (exact) mass is 972 g/mol. The summed E-state index contributed by atoms with van der Waals surface area (Å²) < 4.78 is 44.8. The Hall–Kier alpha value is -6.49. The van der Waals surface area contributed by atoms with Crippen LogP contribution in [0.1, 0.15) is 64.5 Å². The summed E-state index contributed by atoms with van der Waals surface area (Å²) >= 11 is 0. The van der Waals surface area contributed by atoms with E-state index in [2.05, 4.69) is 27.0 Å². The average molecular weight is 973 g/mol. The van der Waals surface area contributed by atoms with Crippen molar-refractivity contribution < 1.29 is 111 Å². The number of aryl methyl sites for hydroxylation is 4. The normalized spacial score (nSPS) is 11.0. The van der Waals surface area contributed by atoms with Crippen LogP contribution in [-0.4, -0.2) is 36.9 Å². The number of carboxylic acid groups (broad SMARTS) is 1. The molecule has 2 aliphatic rings. The summed E-state index contributed by atoms with van der Waals surface area (Å²) in [6.45, 7) is 11.4. The predicted molar refractivity (Wildman–Crippen MR) is 252 cm³/mol. The maximum Gasteiger partial charge on any atom is 1.00 e. The molecule has 0 atom stereocenters. The number of hydrogen-bond acceptors (Lipinski definition) is 11. The van der Waals surface area contributed by atoms with E-state index in [0.29, 0.717) is 67.1 Å². The summed E-state index contributed by atoms with van der Waals surface area (Å²) in [5, 5.41) is 22.4. The Labute approximate surface area is 447 Å². The summed E-state index contributed by atoms with van der Waals surface area (Å²) in [6.07, 6.45) is 0.250. The van der Waals surface area contributed by atoms with Crippen molar-refractivity contribution in [2.24, 2.45) is 0 Å². The van der Waals surface area contributed by atoms with Gasteiger partial charge in [-0.15, -0.1) is 30.3 Å². The molecule has 0 bridgehead atoms. The molecule has 6 aromatic carbocycles. The molecular formula is C53H42N4Na2O10S. The van der Waals surface area contributed by atoms with E-state index in [1.807, 2.05) is 65.8 Å². The molecule has 6 aromatic rings. The van der Waals surface area contributed by atoms with Crippen molar-refractivity contribution in [2.45, 2.75) is 46.4 Å². The van der Waals surface area contributed by atoms with Gasteiger partial charge < -0.3 is 39.6 Å². The molecule has 0 saturated carbocycles. The fourth-order valence-corrected chi connectivity index (χ4v) is 9.10. The van der Waals surface area contributed by atoms with Gasteiger partial charge >= 0.3 is 65.3 Å². The molecular weight excluding hydrogens is 931 g/mol. The van der Waals surface area contributed by atoms with Gasteiger partial charge in [0.15, 0.2) is 5.91 Å². The Kier molecular flexibility index (Phi) is 17.9. The number of anilines is 4. The Morgan fingerprint density at radius 2 is 1.26 bits per heavy atom. The zero-order chi connectivity index (χ0) is 49.0. The van der Waals surface area contributed by atoms with Gasteiger partial charge in [-0.25, -0.2) is 13.4 Å². The molecule has 1 heterocycles. The molecule has 1 aliphatic carbocycles. The summed E-state index contributed by atoms with van der Waals surface area (Å²) in [7, 11) is -4.91. The largest absolute Gasteiger partial charge is 1.00 e. The zero-order valence-corrected chi connectivity index (χ0v) is 44.4. The van der Waals surface area contributed by atoms with Crippen molar-refractivity contribution >= 4 is 73.5 Å². The van der Waals surface area contributed by atoms with Gasteiger partial charge in [0.2, 0.25) is 11.0 Å². The van der Waals surface area contributed by atoms with Crippen molar-refractivity contribution in [3.8, 4) is 22.5 Å². The molecule has 0 radical (unpaired) electrons. The van der Waals surface area contributed by atoms with Crippen molar-refractivity contribution in [3.05, 3.63) is 183 Å². The summed E-state index contributed by atoms with van der Waals surface area (Å²) in [5.74, 6) is -1.98. The quantitative estimate of drug-likeness (QED) is 0.0657. The van der Waals surface area contributed by atoms with Crippen LogP contribution in [0.25, 0.3) is 33.4 Å². The first kappa shape index (κ1) is 54.5. The molecule has 8 rings (SSSR count). The number of hydrogen-bond donors (Lipinski definition) is 4. The Morgan fingerprint density at radius 1 is 0.657 bits per heavy atom. The van der Waals surface area contributed by atoms with Gasteiger partial charge in [0.25, 0.3) is 5.91 Å². The van der Waals surface area contributed by atoms with E-state index in [1.165, 1.54) is 30.3 Å². The number of fused-ring (bicyclic) bond motifs is 2. The first-order chi connectivity index (χ1) is 32.4. The molecule has 17 heteroatoms. The van der Waals surface area contributed by atoms with Crippen molar-refractivity contribution in [1.82, 2.24) is 0 Å². The molecule has 0 spiro atoms. The third-order valence-corrected chi connectivity index (χ3v) is 12.3. The minimum Gasteiger partial charge on any atom is -0.744 e. The van der Waals surface area contributed by atoms with Gasteiger partial charge in [-0.2, -0.15) is 9.59 Å². The number of amides is 2. The molecule has 0 fully saturated rings. The average Bonchev–Trinajstić information content (AvgIpc) is 3.31. The number of carboxylic acids is 1. The third kappa shape index (κ3) is 11.6. The van der Waals surface area contributed by atoms with Crippen molar-refractivity contribution in [3.63, 3.8) is 0 Å². The third-order valence-electron chi connectivity index (χ3n) is 11.5. The molecule has 342 valence electrons. The first-order valence-electron chi connectivity index (χ1n) is 20.9. The van der Waals surface area contributed by atoms with Crippen LogP contribution in [0, 0.1) is 47.6 Å². The fraction of sp³-hybridized carbons (Fsp3) is 0.113. The number of aromatic carboxylic acids is 1. The molecule has 0 aromatic heterocycles. The number of carbonyl (C=O) groups is 3. The van der Waals surface area contributed by atoms with Crippen molar-refractivity contribution in [1.29, 1.82) is 0 Å². The Bertz CT molecular complexity index is 3540. The van der Waals surface area contributed by atoms with E-state index in [0.717, 1.165) is 33.5 Å². The second-order valence-electron chi connectivity index (χ2n) is 16.0. The van der Waals surface area contributed by atoms with Crippen LogP contribution in [0.4, 0.5) is 28.4 Å². The van der Waals surface area contributed by atoms with Crippen LogP contribution in [0.5, 0.6) is 0 Å². The van der Waals surface area contributed by atoms with E-state index >= 15 is 0 Å². The number of carbonyl (C=O) groups excluding carboxylic acids is 5. The molecule has 4 N–H and O–H groups in total. The maximum absolute atomic E-state index is 13.4. The summed E-state index contributed by atoms with van der Waals surface area (Å²) in [4.78, 5) is 57.8. The van der Waals surface area contributed by atoms with Crippen LogP contribution in [0.2, 0.25) is 0 Å². The van der Waals surface area contributed by atoms with Crippen LogP contribution < -0.4 is 90.5 Å².